The predicted octanol–water partition coefficient (Wildman–Crippen LogP) is 1.50. The Bertz CT molecular complexity index is 593. The number of aryl methyl sites for hydroxylation is 1. The van der Waals surface area contributed by atoms with Gasteiger partial charge in [-0.2, -0.15) is 0 Å². The normalized spacial score (nSPS) is 10.2. The van der Waals surface area contributed by atoms with Crippen molar-refractivity contribution >= 4 is 11.6 Å². The Morgan fingerprint density at radius 2 is 2.32 bits per heavy atom. The van der Waals surface area contributed by atoms with E-state index < -0.39 is 0 Å². The summed E-state index contributed by atoms with van der Waals surface area (Å²) in [6.45, 7) is 2.00. The van der Waals surface area contributed by atoms with Gasteiger partial charge in [0.25, 0.3) is 5.91 Å². The van der Waals surface area contributed by atoms with Crippen molar-refractivity contribution in [1.82, 2.24) is 10.3 Å². The molecule has 0 fully saturated rings. The van der Waals surface area contributed by atoms with Crippen molar-refractivity contribution in [2.75, 3.05) is 12.8 Å². The number of nitrogens with two attached hydrogens (primary N) is 1. The number of benzene rings is 1. The quantitative estimate of drug-likeness (QED) is 0.814. The molecule has 0 spiro atoms. The Hall–Kier alpha value is -2.50. The standard InChI is InChI=1S/C13H15N3O3/c1-8-6-15-12(19-8)7-16-13(17)10-5-9(14)3-4-11(10)18-2/h3-6H,7,14H2,1-2H3,(H,16,17). The predicted molar refractivity (Wildman–Crippen MR) is 69.8 cm³/mol. The van der Waals surface area contributed by atoms with Gasteiger partial charge in [0.1, 0.15) is 11.5 Å². The van der Waals surface area contributed by atoms with E-state index >= 15 is 0 Å². The minimum atomic E-state index is -0.292. The number of nitrogen functional groups attached to an aromatic ring is 1. The average molecular weight is 261 g/mol. The van der Waals surface area contributed by atoms with Gasteiger partial charge in [-0.05, 0) is 25.1 Å². The van der Waals surface area contributed by atoms with Crippen LogP contribution in [0.2, 0.25) is 0 Å². The highest BCUT2D eigenvalue weighted by Crippen LogP contribution is 2.20. The van der Waals surface area contributed by atoms with E-state index in [1.807, 2.05) is 0 Å². The third kappa shape index (κ3) is 3.04. The van der Waals surface area contributed by atoms with Crippen LogP contribution >= 0.6 is 0 Å². The Balaban J connectivity index is 2.09. The third-order valence-electron chi connectivity index (χ3n) is 2.54. The van der Waals surface area contributed by atoms with Crippen LogP contribution in [0, 0.1) is 6.92 Å². The van der Waals surface area contributed by atoms with E-state index in [1.54, 1.807) is 31.3 Å². The maximum Gasteiger partial charge on any atom is 0.255 e. The van der Waals surface area contributed by atoms with Crippen molar-refractivity contribution < 1.29 is 13.9 Å². The lowest BCUT2D eigenvalue weighted by Gasteiger charge is -2.09. The molecule has 100 valence electrons. The first kappa shape index (κ1) is 12.9. The number of rotatable bonds is 4. The number of amides is 1. The Labute approximate surface area is 110 Å². The van der Waals surface area contributed by atoms with Crippen LogP contribution in [0.25, 0.3) is 0 Å². The second-order valence-corrected chi connectivity index (χ2v) is 4.01. The van der Waals surface area contributed by atoms with Crippen molar-refractivity contribution in [1.29, 1.82) is 0 Å². The first-order valence-corrected chi connectivity index (χ1v) is 5.73. The Kier molecular flexibility index (Phi) is 3.70. The summed E-state index contributed by atoms with van der Waals surface area (Å²) in [4.78, 5) is 16.0. The second-order valence-electron chi connectivity index (χ2n) is 4.01. The molecule has 0 aliphatic carbocycles. The number of ether oxygens (including phenoxy) is 1. The van der Waals surface area contributed by atoms with E-state index in [2.05, 4.69) is 10.3 Å². The molecule has 6 nitrogen and oxygen atoms in total. The summed E-state index contributed by atoms with van der Waals surface area (Å²) in [7, 11) is 1.50. The molecule has 0 atom stereocenters. The molecule has 2 aromatic rings. The van der Waals surface area contributed by atoms with Gasteiger partial charge in [-0.25, -0.2) is 4.98 Å². The topological polar surface area (TPSA) is 90.4 Å². The molecule has 0 bridgehead atoms. The molecular weight excluding hydrogens is 246 g/mol. The van der Waals surface area contributed by atoms with Gasteiger partial charge in [0.15, 0.2) is 0 Å². The van der Waals surface area contributed by atoms with Gasteiger partial charge in [-0.15, -0.1) is 0 Å². The molecule has 19 heavy (non-hydrogen) atoms. The lowest BCUT2D eigenvalue weighted by atomic mass is 10.1. The van der Waals surface area contributed by atoms with Crippen molar-refractivity contribution in [2.24, 2.45) is 0 Å². The lowest BCUT2D eigenvalue weighted by Crippen LogP contribution is -2.23. The molecule has 0 radical (unpaired) electrons. The van der Waals surface area contributed by atoms with Gasteiger partial charge in [0.05, 0.1) is 25.4 Å². The molecule has 0 aliphatic heterocycles. The SMILES string of the molecule is COc1ccc(N)cc1C(=O)NCc1ncc(C)o1. The molecule has 0 aliphatic rings. The molecule has 1 aromatic carbocycles. The van der Waals surface area contributed by atoms with E-state index in [0.717, 1.165) is 0 Å². The number of nitrogens with zero attached hydrogens (tertiary/aromatic N) is 1. The number of nitrogens with one attached hydrogen (secondary N) is 1. The molecule has 1 heterocycles. The summed E-state index contributed by atoms with van der Waals surface area (Å²) in [6, 6.07) is 4.89. The van der Waals surface area contributed by atoms with Crippen LogP contribution in [0.5, 0.6) is 5.75 Å². The highest BCUT2D eigenvalue weighted by molar-refractivity contribution is 5.97. The zero-order valence-electron chi connectivity index (χ0n) is 10.8. The maximum atomic E-state index is 12.0. The molecule has 2 rings (SSSR count). The smallest absolute Gasteiger partial charge is 0.255 e. The third-order valence-corrected chi connectivity index (χ3v) is 2.54. The fourth-order valence-electron chi connectivity index (χ4n) is 1.64. The Morgan fingerprint density at radius 1 is 1.53 bits per heavy atom. The van der Waals surface area contributed by atoms with Gasteiger partial charge in [-0.1, -0.05) is 0 Å². The summed E-state index contributed by atoms with van der Waals surface area (Å²) in [5, 5.41) is 2.70. The number of aromatic nitrogens is 1. The van der Waals surface area contributed by atoms with Crippen LogP contribution in [0.4, 0.5) is 5.69 Å². The van der Waals surface area contributed by atoms with Crippen LogP contribution in [-0.4, -0.2) is 18.0 Å². The number of carbonyl (C=O) groups excluding carboxylic acids is 1. The van der Waals surface area contributed by atoms with Crippen LogP contribution in [0.3, 0.4) is 0 Å². The second kappa shape index (κ2) is 5.43. The zero-order valence-corrected chi connectivity index (χ0v) is 10.8. The monoisotopic (exact) mass is 261 g/mol. The van der Waals surface area contributed by atoms with Crippen LogP contribution < -0.4 is 15.8 Å². The number of hydrogen-bond donors (Lipinski definition) is 2. The number of oxazole rings is 1. The van der Waals surface area contributed by atoms with E-state index in [4.69, 9.17) is 14.9 Å². The van der Waals surface area contributed by atoms with Gasteiger partial charge in [0, 0.05) is 5.69 Å². The van der Waals surface area contributed by atoms with Gasteiger partial charge < -0.3 is 20.2 Å². The van der Waals surface area contributed by atoms with Crippen molar-refractivity contribution in [2.45, 2.75) is 13.5 Å². The highest BCUT2D eigenvalue weighted by Gasteiger charge is 2.13. The minimum absolute atomic E-state index is 0.213. The van der Waals surface area contributed by atoms with E-state index in [1.165, 1.54) is 7.11 Å². The van der Waals surface area contributed by atoms with Gasteiger partial charge in [0.2, 0.25) is 5.89 Å². The average Bonchev–Trinajstić information content (AvgIpc) is 2.81. The summed E-state index contributed by atoms with van der Waals surface area (Å²) in [6.07, 6.45) is 1.60. The summed E-state index contributed by atoms with van der Waals surface area (Å²) in [5.74, 6) is 1.33. The fourth-order valence-corrected chi connectivity index (χ4v) is 1.64. The number of methoxy groups -OCH3 is 1. The Morgan fingerprint density at radius 3 is 2.95 bits per heavy atom. The first-order chi connectivity index (χ1) is 9.10. The van der Waals surface area contributed by atoms with E-state index in [0.29, 0.717) is 28.7 Å². The zero-order chi connectivity index (χ0) is 13.8. The highest BCUT2D eigenvalue weighted by atomic mass is 16.5. The van der Waals surface area contributed by atoms with Crippen LogP contribution in [0.1, 0.15) is 22.0 Å². The number of carbonyl (C=O) groups is 1. The lowest BCUT2D eigenvalue weighted by molar-refractivity contribution is 0.0944. The minimum Gasteiger partial charge on any atom is -0.496 e. The fraction of sp³-hybridized carbons (Fsp3) is 0.231. The van der Waals surface area contributed by atoms with Crippen molar-refractivity contribution in [3.05, 3.63) is 41.6 Å². The first-order valence-electron chi connectivity index (χ1n) is 5.73. The molecular formula is C13H15N3O3. The molecule has 3 N–H and O–H groups in total. The van der Waals surface area contributed by atoms with Crippen LogP contribution in [0.15, 0.2) is 28.8 Å². The van der Waals surface area contributed by atoms with E-state index in [9.17, 15) is 4.79 Å². The molecule has 0 unspecified atom stereocenters. The van der Waals surface area contributed by atoms with Gasteiger partial charge in [-0.3, -0.25) is 4.79 Å². The molecule has 6 heteroatoms. The van der Waals surface area contributed by atoms with Crippen molar-refractivity contribution in [3.63, 3.8) is 0 Å². The maximum absolute atomic E-state index is 12.0. The largest absolute Gasteiger partial charge is 0.496 e. The molecule has 0 saturated carbocycles. The number of anilines is 1. The molecule has 0 saturated heterocycles. The molecule has 1 aromatic heterocycles. The van der Waals surface area contributed by atoms with E-state index in [-0.39, 0.29) is 12.5 Å². The summed E-state index contributed by atoms with van der Waals surface area (Å²) >= 11 is 0. The summed E-state index contributed by atoms with van der Waals surface area (Å²) in [5.41, 5.74) is 6.54. The number of hydrogen-bond acceptors (Lipinski definition) is 5. The molecule has 1 amide bonds. The van der Waals surface area contributed by atoms with Gasteiger partial charge >= 0.3 is 0 Å². The summed E-state index contributed by atoms with van der Waals surface area (Å²) < 4.78 is 10.4. The van der Waals surface area contributed by atoms with Crippen LogP contribution in [-0.2, 0) is 6.54 Å². The van der Waals surface area contributed by atoms with Crippen molar-refractivity contribution in [3.8, 4) is 5.75 Å².